The van der Waals surface area contributed by atoms with Crippen LogP contribution in [0.15, 0.2) is 18.2 Å². The molecule has 1 aromatic rings. The van der Waals surface area contributed by atoms with Crippen molar-refractivity contribution in [3.63, 3.8) is 0 Å². The number of amides is 1. The molecule has 0 bridgehead atoms. The van der Waals surface area contributed by atoms with Crippen LogP contribution in [0.25, 0.3) is 0 Å². The molecule has 8 heteroatoms. The van der Waals surface area contributed by atoms with Gasteiger partial charge in [0.25, 0.3) is 0 Å². The highest BCUT2D eigenvalue weighted by molar-refractivity contribution is 5.85. The summed E-state index contributed by atoms with van der Waals surface area (Å²) >= 11 is 0. The van der Waals surface area contributed by atoms with E-state index in [9.17, 15) is 13.6 Å². The van der Waals surface area contributed by atoms with Crippen LogP contribution in [0.5, 0.6) is 5.75 Å². The summed E-state index contributed by atoms with van der Waals surface area (Å²) < 4.78 is 34.7. The quantitative estimate of drug-likeness (QED) is 0.764. The highest BCUT2D eigenvalue weighted by atomic mass is 35.5. The molecular formula is C19H27ClF2N2O3. The van der Waals surface area contributed by atoms with Gasteiger partial charge < -0.3 is 20.1 Å². The number of rotatable bonds is 6. The van der Waals surface area contributed by atoms with Gasteiger partial charge in [0.2, 0.25) is 5.91 Å². The molecule has 1 saturated heterocycles. The van der Waals surface area contributed by atoms with E-state index in [1.807, 2.05) is 0 Å². The number of halogens is 3. The summed E-state index contributed by atoms with van der Waals surface area (Å²) in [6, 6.07) is 4.90. The lowest BCUT2D eigenvalue weighted by molar-refractivity contribution is -0.137. The number of piperidine rings is 1. The number of alkyl halides is 2. The fourth-order valence-corrected chi connectivity index (χ4v) is 4.05. The maximum atomic E-state index is 13.1. The summed E-state index contributed by atoms with van der Waals surface area (Å²) in [6.07, 6.45) is 4.03. The van der Waals surface area contributed by atoms with Crippen molar-refractivity contribution >= 4 is 18.3 Å². The van der Waals surface area contributed by atoms with Gasteiger partial charge in [-0.15, -0.1) is 12.4 Å². The Kier molecular flexibility index (Phi) is 7.82. The molecule has 0 radical (unpaired) electrons. The van der Waals surface area contributed by atoms with Gasteiger partial charge in [-0.25, -0.2) is 0 Å². The van der Waals surface area contributed by atoms with E-state index in [2.05, 4.69) is 15.4 Å². The molecule has 2 N–H and O–H groups in total. The average Bonchev–Trinajstić information content (AvgIpc) is 2.62. The molecule has 5 nitrogen and oxygen atoms in total. The van der Waals surface area contributed by atoms with Crippen LogP contribution in [0.3, 0.4) is 0 Å². The molecule has 3 rings (SSSR count). The molecule has 1 aliphatic carbocycles. The smallest absolute Gasteiger partial charge is 0.387 e. The fraction of sp³-hybridized carbons (Fsp3) is 0.632. The average molecular weight is 405 g/mol. The zero-order chi connectivity index (χ0) is 18.6. The highest BCUT2D eigenvalue weighted by Crippen LogP contribution is 2.35. The van der Waals surface area contributed by atoms with E-state index in [4.69, 9.17) is 4.74 Å². The Bertz CT molecular complexity index is 634. The molecule has 1 heterocycles. The first-order valence-electron chi connectivity index (χ1n) is 9.12. The minimum atomic E-state index is -2.83. The molecule has 27 heavy (non-hydrogen) atoms. The third-order valence-electron chi connectivity index (χ3n) is 5.42. The number of aryl methyl sites for hydroxylation is 1. The summed E-state index contributed by atoms with van der Waals surface area (Å²) in [6.45, 7) is -0.832. The molecule has 1 aromatic carbocycles. The van der Waals surface area contributed by atoms with Crippen LogP contribution >= 0.6 is 12.4 Å². The molecule has 1 fully saturated rings. The van der Waals surface area contributed by atoms with Crippen molar-refractivity contribution in [3.8, 4) is 5.75 Å². The summed E-state index contributed by atoms with van der Waals surface area (Å²) in [5, 5.41) is 6.48. The third-order valence-corrected chi connectivity index (χ3v) is 5.42. The lowest BCUT2D eigenvalue weighted by atomic mass is 9.78. The first-order chi connectivity index (χ1) is 12.5. The topological polar surface area (TPSA) is 59.6 Å². The van der Waals surface area contributed by atoms with Crippen LogP contribution in [0.1, 0.15) is 42.9 Å². The number of benzene rings is 1. The Hall–Kier alpha value is -1.44. The lowest BCUT2D eigenvalue weighted by Crippen LogP contribution is -2.51. The zero-order valence-electron chi connectivity index (χ0n) is 15.4. The summed E-state index contributed by atoms with van der Waals surface area (Å²) in [5.41, 5.74) is 1.45. The number of carbonyl (C=O) groups excluding carboxylic acids is 1. The van der Waals surface area contributed by atoms with Gasteiger partial charge in [-0.05, 0) is 68.5 Å². The highest BCUT2D eigenvalue weighted by Gasteiger charge is 2.40. The van der Waals surface area contributed by atoms with E-state index >= 15 is 0 Å². The third kappa shape index (κ3) is 5.09. The summed E-state index contributed by atoms with van der Waals surface area (Å²) in [4.78, 5) is 13.1. The van der Waals surface area contributed by atoms with Crippen LogP contribution in [-0.4, -0.2) is 39.3 Å². The predicted octanol–water partition coefficient (Wildman–Crippen LogP) is 3.22. The maximum Gasteiger partial charge on any atom is 0.387 e. The Labute approximate surface area is 164 Å². The van der Waals surface area contributed by atoms with Crippen molar-refractivity contribution in [2.45, 2.75) is 44.8 Å². The molecule has 0 spiro atoms. The number of carbonyl (C=O) groups is 1. The molecule has 2 aliphatic rings. The van der Waals surface area contributed by atoms with Gasteiger partial charge in [0, 0.05) is 7.11 Å². The predicted molar refractivity (Wildman–Crippen MR) is 101 cm³/mol. The number of fused-ring (bicyclic) bond motifs is 1. The Morgan fingerprint density at radius 3 is 2.78 bits per heavy atom. The summed E-state index contributed by atoms with van der Waals surface area (Å²) in [5.74, 6) is 0.187. The molecule has 152 valence electrons. The van der Waals surface area contributed by atoms with Crippen LogP contribution in [0.4, 0.5) is 8.78 Å². The second-order valence-corrected chi connectivity index (χ2v) is 7.12. The normalized spacial score (nSPS) is 21.1. The number of hydrogen-bond donors (Lipinski definition) is 2. The van der Waals surface area contributed by atoms with Crippen LogP contribution < -0.4 is 15.4 Å². The van der Waals surface area contributed by atoms with Crippen molar-refractivity contribution in [1.29, 1.82) is 0 Å². The minimum absolute atomic E-state index is 0. The molecule has 1 aliphatic heterocycles. The van der Waals surface area contributed by atoms with Gasteiger partial charge in [-0.3, -0.25) is 4.79 Å². The van der Waals surface area contributed by atoms with E-state index in [1.165, 1.54) is 0 Å². The molecule has 1 atom stereocenters. The zero-order valence-corrected chi connectivity index (χ0v) is 16.2. The Balaban J connectivity index is 0.00000261. The van der Waals surface area contributed by atoms with Gasteiger partial charge in [-0.1, -0.05) is 6.07 Å². The van der Waals surface area contributed by atoms with E-state index in [1.54, 1.807) is 25.3 Å². The van der Waals surface area contributed by atoms with Crippen molar-refractivity contribution in [2.24, 2.45) is 5.41 Å². The molecule has 0 aromatic heterocycles. The van der Waals surface area contributed by atoms with Gasteiger partial charge in [0.1, 0.15) is 5.75 Å². The van der Waals surface area contributed by atoms with Crippen molar-refractivity contribution in [2.75, 3.05) is 26.8 Å². The minimum Gasteiger partial charge on any atom is -0.435 e. The molecular weight excluding hydrogens is 378 g/mol. The Morgan fingerprint density at radius 2 is 2.11 bits per heavy atom. The largest absolute Gasteiger partial charge is 0.435 e. The molecule has 0 saturated carbocycles. The van der Waals surface area contributed by atoms with Gasteiger partial charge in [0.05, 0.1) is 18.1 Å². The van der Waals surface area contributed by atoms with Crippen LogP contribution in [0.2, 0.25) is 0 Å². The van der Waals surface area contributed by atoms with E-state index in [0.29, 0.717) is 6.61 Å². The second-order valence-electron chi connectivity index (χ2n) is 7.12. The monoisotopic (exact) mass is 404 g/mol. The van der Waals surface area contributed by atoms with Gasteiger partial charge in [-0.2, -0.15) is 8.78 Å². The number of methoxy groups -OCH3 is 1. The molecule has 1 unspecified atom stereocenters. The second kappa shape index (κ2) is 9.66. The Morgan fingerprint density at radius 1 is 1.37 bits per heavy atom. The summed E-state index contributed by atoms with van der Waals surface area (Å²) in [7, 11) is 1.62. The fourth-order valence-electron chi connectivity index (χ4n) is 4.05. The standard InChI is InChI=1S/C19H26F2N2O3.ClH/c1-25-12-19(7-9-22-10-8-19)17(24)23-16-4-2-3-13-11-14(26-18(20)21)5-6-15(13)16;/h5-6,11,16,18,22H,2-4,7-10,12H2,1H3,(H,23,24);1H. The van der Waals surface area contributed by atoms with Gasteiger partial charge in [0.15, 0.2) is 0 Å². The number of ether oxygens (including phenoxy) is 2. The van der Waals surface area contributed by atoms with Crippen LogP contribution in [-0.2, 0) is 16.0 Å². The first-order valence-corrected chi connectivity index (χ1v) is 9.12. The SMILES string of the molecule is COCC1(C(=O)NC2CCCc3cc(OC(F)F)ccc32)CCNCC1.Cl. The number of hydrogen-bond acceptors (Lipinski definition) is 4. The van der Waals surface area contributed by atoms with E-state index in [0.717, 1.165) is 56.3 Å². The lowest BCUT2D eigenvalue weighted by Gasteiger charge is -2.37. The van der Waals surface area contributed by atoms with E-state index in [-0.39, 0.29) is 30.1 Å². The van der Waals surface area contributed by atoms with Gasteiger partial charge >= 0.3 is 6.61 Å². The van der Waals surface area contributed by atoms with Crippen molar-refractivity contribution in [1.82, 2.24) is 10.6 Å². The van der Waals surface area contributed by atoms with Crippen LogP contribution in [0, 0.1) is 5.41 Å². The maximum absolute atomic E-state index is 13.1. The molecule has 1 amide bonds. The van der Waals surface area contributed by atoms with Crippen molar-refractivity contribution in [3.05, 3.63) is 29.3 Å². The van der Waals surface area contributed by atoms with E-state index < -0.39 is 12.0 Å². The van der Waals surface area contributed by atoms with Crippen molar-refractivity contribution < 1.29 is 23.0 Å². The number of nitrogens with one attached hydrogen (secondary N) is 2. The first kappa shape index (κ1) is 21.9.